The van der Waals surface area contributed by atoms with Crippen molar-refractivity contribution in [3.05, 3.63) is 16.8 Å². The predicted molar refractivity (Wildman–Crippen MR) is 273 cm³/mol. The molecule has 4 heterocycles. The molecule has 0 aromatic carbocycles. The number of hydrogen-bond acceptors (Lipinski definition) is 10. The summed E-state index contributed by atoms with van der Waals surface area (Å²) in [5.74, 6) is 4.11. The van der Waals surface area contributed by atoms with E-state index in [-0.39, 0.29) is 81.9 Å². The minimum atomic E-state index is -0.397. The molecule has 0 aromatic heterocycles. The molecule has 0 N–H and O–H groups in total. The first-order valence-electron chi connectivity index (χ1n) is 27.6. The number of nitrogens with zero attached hydrogens (tertiary/aromatic N) is 1. The number of esters is 1. The molecule has 4 aliphatic heterocycles. The van der Waals surface area contributed by atoms with Gasteiger partial charge >= 0.3 is 27.3 Å². The highest BCUT2D eigenvalue weighted by atomic mass is 16.7. The zero-order valence-corrected chi connectivity index (χ0v) is 46.5. The Hall–Kier alpha value is -1.63. The average molecular weight is 960 g/mol. The number of morpholine rings is 1. The lowest BCUT2D eigenvalue weighted by molar-refractivity contribution is -0.160. The van der Waals surface area contributed by atoms with Crippen LogP contribution in [0, 0.1) is 46.8 Å². The fourth-order valence-electron chi connectivity index (χ4n) is 14.0. The van der Waals surface area contributed by atoms with E-state index in [0.29, 0.717) is 42.4 Å². The van der Waals surface area contributed by atoms with Crippen molar-refractivity contribution < 1.29 is 47.0 Å². The smallest absolute Gasteiger partial charge is 0.459 e. The quantitative estimate of drug-likeness (QED) is 0.106. The van der Waals surface area contributed by atoms with Gasteiger partial charge in [0.05, 0.1) is 63.9 Å². The van der Waals surface area contributed by atoms with Crippen molar-refractivity contribution in [2.45, 2.75) is 246 Å². The van der Waals surface area contributed by atoms with E-state index in [1.165, 1.54) is 25.7 Å². The number of amides is 1. The monoisotopic (exact) mass is 960 g/mol. The summed E-state index contributed by atoms with van der Waals surface area (Å²) in [6.07, 6.45) is 12.9. The Morgan fingerprint density at radius 3 is 1.70 bits per heavy atom. The van der Waals surface area contributed by atoms with Crippen LogP contribution >= 0.6 is 0 Å². The minimum Gasteiger partial charge on any atom is -0.459 e. The lowest BCUT2D eigenvalue weighted by atomic mass is 9.36. The Balaban J connectivity index is 0.000000142. The van der Waals surface area contributed by atoms with Crippen molar-refractivity contribution in [2.75, 3.05) is 26.3 Å². The van der Waals surface area contributed by atoms with Crippen LogP contribution in [0.1, 0.15) is 195 Å². The van der Waals surface area contributed by atoms with Gasteiger partial charge in [-0.15, -0.1) is 5.73 Å². The molecule has 386 valence electrons. The highest BCUT2D eigenvalue weighted by Gasteiger charge is 2.81. The van der Waals surface area contributed by atoms with E-state index in [9.17, 15) is 9.59 Å². The highest BCUT2D eigenvalue weighted by molar-refractivity contribution is 6.55. The van der Waals surface area contributed by atoms with Crippen LogP contribution in [0.3, 0.4) is 0 Å². The molecule has 4 saturated heterocycles. The molecular weight excluding hydrogens is 867 g/mol. The minimum absolute atomic E-state index is 0.00398. The zero-order valence-electron chi connectivity index (χ0n) is 46.5. The summed E-state index contributed by atoms with van der Waals surface area (Å²) in [6, 6.07) is 0. The van der Waals surface area contributed by atoms with Gasteiger partial charge in [0.2, 0.25) is 5.91 Å². The molecule has 8 atom stereocenters. The summed E-state index contributed by atoms with van der Waals surface area (Å²) in [6.45, 7) is 41.2. The van der Waals surface area contributed by atoms with E-state index < -0.39 is 7.12 Å². The van der Waals surface area contributed by atoms with E-state index in [2.05, 4.69) is 93.7 Å². The van der Waals surface area contributed by atoms with Crippen molar-refractivity contribution >= 4 is 33.2 Å². The molecule has 0 radical (unpaired) electrons. The standard InChI is InChI=1S/C22H38BNO4.C17H25BO4.C16H29BO2/c1-7-8-9-17-21(23-27-19(3,4)20(5,6)28-23)14-16(2)22(17,15-21)18(25)24-10-12-26-13-11-24;1-10(2)20-15(19)12-9-13(14(12)11-7-8-11)18-21-16(3,4)17(5,6)22-18;1-7-16(10-11(2)13(16)12-8-9-12)17-18-14(3,4)15(5,6)19-17/h16-17H,7-15H2,1-6H3;10-11,14H,7-8H2,1-6H3;11-13H,7-10H2,1-6H3/t16?,17-,21-,22-;14-;11?,13-,16-/m101/s1. The number of fused-ring (bicyclic) bond motifs is 1. The normalized spacial score (nSPS) is 38.2. The SMILES string of the molecule is CC(C)OC(=O)C1=C=C(B2OC(C)(C)C(C)(C)O2)[C@H]1C1CC1.CCCC[C@@H]1[C@@]2(B3OC(C)(C)C(C)(C)O3)CC(C)[C@]1(C(=O)N1CCOCC1)C2.CC[C@@]1(B2OC(C)(C)C(C)(C)O2)CC(C)[C@@H]1C1CC1. The third-order valence-electron chi connectivity index (χ3n) is 20.3. The summed E-state index contributed by atoms with van der Waals surface area (Å²) >= 11 is 0. The number of carbonyl (C=O) groups excluding carboxylic acids is 2. The van der Waals surface area contributed by atoms with Crippen molar-refractivity contribution in [1.29, 1.82) is 0 Å². The first-order valence-corrected chi connectivity index (χ1v) is 27.6. The molecule has 14 heteroatoms. The van der Waals surface area contributed by atoms with Crippen LogP contribution in [0.15, 0.2) is 16.8 Å². The largest absolute Gasteiger partial charge is 0.499 e. The van der Waals surface area contributed by atoms with Crippen LogP contribution in [0.4, 0.5) is 0 Å². The van der Waals surface area contributed by atoms with Gasteiger partial charge < -0.3 is 42.3 Å². The Morgan fingerprint density at radius 2 is 1.23 bits per heavy atom. The third kappa shape index (κ3) is 9.05. The number of carbonyl (C=O) groups is 2. The molecule has 0 spiro atoms. The second-order valence-electron chi connectivity index (χ2n) is 26.8. The van der Waals surface area contributed by atoms with Gasteiger partial charge in [0.1, 0.15) is 0 Å². The molecule has 2 unspecified atom stereocenters. The van der Waals surface area contributed by atoms with Gasteiger partial charge in [-0.05, 0) is 184 Å². The maximum Gasteiger partial charge on any atom is 0.499 e. The fourth-order valence-corrected chi connectivity index (χ4v) is 14.0. The Labute approximate surface area is 419 Å². The second-order valence-corrected chi connectivity index (χ2v) is 26.8. The number of hydrogen-bond donors (Lipinski definition) is 0. The van der Waals surface area contributed by atoms with Crippen molar-refractivity contribution in [1.82, 2.24) is 4.90 Å². The van der Waals surface area contributed by atoms with E-state index in [1.54, 1.807) is 0 Å². The second kappa shape index (κ2) is 18.3. The molecule has 11 rings (SSSR count). The summed E-state index contributed by atoms with van der Waals surface area (Å²) in [7, 11) is -0.592. The Kier molecular flexibility index (Phi) is 14.3. The van der Waals surface area contributed by atoms with Crippen molar-refractivity contribution in [2.24, 2.45) is 46.8 Å². The average Bonchev–Trinajstić information content (AvgIpc) is 4.13. The van der Waals surface area contributed by atoms with Crippen LogP contribution in [-0.2, 0) is 47.0 Å². The van der Waals surface area contributed by atoms with Crippen LogP contribution in [0.25, 0.3) is 0 Å². The lowest BCUT2D eigenvalue weighted by Gasteiger charge is -2.57. The first-order chi connectivity index (χ1) is 32.0. The molecule has 69 heavy (non-hydrogen) atoms. The van der Waals surface area contributed by atoms with Crippen LogP contribution in [0.5, 0.6) is 0 Å². The highest BCUT2D eigenvalue weighted by Crippen LogP contribution is 2.81. The van der Waals surface area contributed by atoms with Gasteiger partial charge in [0, 0.05) is 35.1 Å². The fraction of sp³-hybridized carbons (Fsp3) is 0.909. The van der Waals surface area contributed by atoms with Gasteiger partial charge in [-0.3, -0.25) is 4.79 Å². The van der Waals surface area contributed by atoms with E-state index in [1.807, 2.05) is 41.5 Å². The van der Waals surface area contributed by atoms with Crippen molar-refractivity contribution in [3.8, 4) is 0 Å². The molecule has 10 fully saturated rings. The number of rotatable bonds is 12. The maximum absolute atomic E-state index is 13.7. The molecule has 11 aliphatic rings. The van der Waals surface area contributed by atoms with E-state index in [4.69, 9.17) is 37.4 Å². The third-order valence-corrected chi connectivity index (χ3v) is 20.3. The topological polar surface area (TPSA) is 111 Å². The first kappa shape index (κ1) is 53.7. The van der Waals surface area contributed by atoms with Gasteiger partial charge in [-0.25, -0.2) is 4.79 Å². The number of ether oxygens (including phenoxy) is 2. The van der Waals surface area contributed by atoms with Crippen LogP contribution in [-0.4, -0.2) is 104 Å². The molecular formula is C55H92B3NO10. The maximum atomic E-state index is 13.7. The molecule has 2 bridgehead atoms. The van der Waals surface area contributed by atoms with Crippen LogP contribution < -0.4 is 0 Å². The Bertz CT molecular complexity index is 1960. The number of unbranched alkanes of at least 4 members (excludes halogenated alkanes) is 1. The van der Waals surface area contributed by atoms with Gasteiger partial charge in [-0.2, -0.15) is 0 Å². The van der Waals surface area contributed by atoms with Gasteiger partial charge in [-0.1, -0.05) is 47.0 Å². The summed E-state index contributed by atoms with van der Waals surface area (Å²) < 4.78 is 48.9. The van der Waals surface area contributed by atoms with Crippen molar-refractivity contribution in [3.63, 3.8) is 0 Å². The van der Waals surface area contributed by atoms with E-state index >= 15 is 0 Å². The molecule has 1 amide bonds. The van der Waals surface area contributed by atoms with Gasteiger partial charge in [0.15, 0.2) is 0 Å². The summed E-state index contributed by atoms with van der Waals surface area (Å²) in [5, 5.41) is 0.271. The lowest BCUT2D eigenvalue weighted by Crippen LogP contribution is -2.61. The predicted octanol–water partition coefficient (Wildman–Crippen LogP) is 11.3. The van der Waals surface area contributed by atoms with Gasteiger partial charge in [0.25, 0.3) is 0 Å². The Morgan fingerprint density at radius 1 is 0.725 bits per heavy atom. The molecule has 7 aliphatic carbocycles. The summed E-state index contributed by atoms with van der Waals surface area (Å²) in [4.78, 5) is 28.0. The molecule has 11 nitrogen and oxygen atoms in total. The van der Waals surface area contributed by atoms with E-state index in [0.717, 1.165) is 81.3 Å². The molecule has 6 saturated carbocycles. The zero-order chi connectivity index (χ0) is 50.7. The molecule has 0 aromatic rings. The summed E-state index contributed by atoms with van der Waals surface area (Å²) in [5.41, 5.74) is 2.86. The van der Waals surface area contributed by atoms with Crippen LogP contribution in [0.2, 0.25) is 10.6 Å².